The van der Waals surface area contributed by atoms with Gasteiger partial charge in [0.15, 0.2) is 5.79 Å². The van der Waals surface area contributed by atoms with Gasteiger partial charge in [-0.25, -0.2) is 0 Å². The maximum atomic E-state index is 5.93. The van der Waals surface area contributed by atoms with Crippen molar-refractivity contribution in [1.82, 2.24) is 0 Å². The Bertz CT molecular complexity index is 281. The van der Waals surface area contributed by atoms with Crippen LogP contribution in [0.15, 0.2) is 12.7 Å². The molecular weight excluding hydrogens is 300 g/mol. The van der Waals surface area contributed by atoms with Gasteiger partial charge in [-0.1, -0.05) is 58.4 Å². The molecule has 1 fully saturated rings. The normalized spacial score (nSPS) is 17.8. The molecule has 1 aliphatic rings. The molecule has 1 aliphatic heterocycles. The monoisotopic (exact) mass is 342 g/mol. The zero-order valence-corrected chi connectivity index (χ0v) is 16.9. The Labute approximate surface area is 151 Å². The van der Waals surface area contributed by atoms with Crippen LogP contribution in [0.4, 0.5) is 0 Å². The second-order valence-corrected chi connectivity index (χ2v) is 6.61. The average Bonchev–Trinajstić information content (AvgIpc) is 3.39. The van der Waals surface area contributed by atoms with Gasteiger partial charge in [0.2, 0.25) is 0 Å². The SMILES string of the molecule is C=CCC.CCCCCCCCC(C1CO1)C(C)(OCC)OCC. The Balaban J connectivity index is 0.00000118. The summed E-state index contributed by atoms with van der Waals surface area (Å²) in [6.07, 6.45) is 12.4. The third-order valence-electron chi connectivity index (χ3n) is 4.50. The van der Waals surface area contributed by atoms with E-state index in [2.05, 4.69) is 27.4 Å². The van der Waals surface area contributed by atoms with E-state index in [0.717, 1.165) is 19.4 Å². The van der Waals surface area contributed by atoms with E-state index in [-0.39, 0.29) is 0 Å². The van der Waals surface area contributed by atoms with Crippen LogP contribution in [-0.2, 0) is 14.2 Å². The molecule has 0 saturated carbocycles. The van der Waals surface area contributed by atoms with E-state index in [0.29, 0.717) is 25.2 Å². The third kappa shape index (κ3) is 10.5. The van der Waals surface area contributed by atoms with Crippen molar-refractivity contribution in [3.8, 4) is 0 Å². The Morgan fingerprint density at radius 1 is 1.04 bits per heavy atom. The second kappa shape index (κ2) is 14.9. The summed E-state index contributed by atoms with van der Waals surface area (Å²) in [6, 6.07) is 0. The highest BCUT2D eigenvalue weighted by atomic mass is 16.7. The zero-order valence-electron chi connectivity index (χ0n) is 16.9. The maximum Gasteiger partial charge on any atom is 0.170 e. The van der Waals surface area contributed by atoms with Gasteiger partial charge in [-0.2, -0.15) is 0 Å². The molecule has 1 saturated heterocycles. The largest absolute Gasteiger partial charge is 0.373 e. The molecule has 0 spiro atoms. The van der Waals surface area contributed by atoms with Crippen molar-refractivity contribution >= 4 is 0 Å². The summed E-state index contributed by atoms with van der Waals surface area (Å²) in [5, 5.41) is 0. The predicted octanol–water partition coefficient (Wildman–Crippen LogP) is 6.12. The molecule has 0 N–H and O–H groups in total. The van der Waals surface area contributed by atoms with Crippen molar-refractivity contribution in [2.45, 2.75) is 97.9 Å². The summed E-state index contributed by atoms with van der Waals surface area (Å²) in [5.41, 5.74) is 0. The lowest BCUT2D eigenvalue weighted by Gasteiger charge is -2.36. The first-order chi connectivity index (χ1) is 11.6. The van der Waals surface area contributed by atoms with Crippen LogP contribution in [0.1, 0.15) is 86.0 Å². The highest BCUT2D eigenvalue weighted by molar-refractivity contribution is 4.88. The minimum Gasteiger partial charge on any atom is -0.373 e. The van der Waals surface area contributed by atoms with Crippen LogP contribution in [0.2, 0.25) is 0 Å². The maximum absolute atomic E-state index is 5.93. The van der Waals surface area contributed by atoms with Gasteiger partial charge in [0, 0.05) is 19.1 Å². The first-order valence-electron chi connectivity index (χ1n) is 10.1. The minimum atomic E-state index is -0.478. The molecule has 2 atom stereocenters. The van der Waals surface area contributed by atoms with Crippen LogP contribution in [-0.4, -0.2) is 31.7 Å². The molecule has 3 heteroatoms. The quantitative estimate of drug-likeness (QED) is 0.165. The van der Waals surface area contributed by atoms with Crippen LogP contribution in [0.25, 0.3) is 0 Å². The Hall–Kier alpha value is -0.380. The number of rotatable bonds is 14. The van der Waals surface area contributed by atoms with Crippen LogP contribution >= 0.6 is 0 Å². The molecule has 0 amide bonds. The molecule has 24 heavy (non-hydrogen) atoms. The fraction of sp³-hybridized carbons (Fsp3) is 0.905. The highest BCUT2D eigenvalue weighted by Crippen LogP contribution is 2.37. The van der Waals surface area contributed by atoms with Gasteiger partial charge in [0.25, 0.3) is 0 Å². The summed E-state index contributed by atoms with van der Waals surface area (Å²) < 4.78 is 17.4. The molecule has 0 aliphatic carbocycles. The lowest BCUT2D eigenvalue weighted by atomic mass is 9.89. The molecular formula is C21H42O3. The molecule has 3 nitrogen and oxygen atoms in total. The standard InChI is InChI=1S/C17H34O3.C4H8/c1-5-8-9-10-11-12-13-15(16-14-18-16)17(4,19-6-2)20-7-3;1-3-4-2/h15-16H,5-14H2,1-4H3;3H,1,4H2,2H3. The highest BCUT2D eigenvalue weighted by Gasteiger charge is 2.46. The smallest absolute Gasteiger partial charge is 0.170 e. The topological polar surface area (TPSA) is 31.0 Å². The number of unbranched alkanes of at least 4 members (excludes halogenated alkanes) is 5. The van der Waals surface area contributed by atoms with Crippen molar-refractivity contribution in [2.75, 3.05) is 19.8 Å². The van der Waals surface area contributed by atoms with E-state index in [9.17, 15) is 0 Å². The van der Waals surface area contributed by atoms with Gasteiger partial charge in [0.1, 0.15) is 0 Å². The molecule has 0 radical (unpaired) electrons. The van der Waals surface area contributed by atoms with Gasteiger partial charge in [0.05, 0.1) is 12.7 Å². The predicted molar refractivity (Wildman–Crippen MR) is 103 cm³/mol. The van der Waals surface area contributed by atoms with Crippen LogP contribution < -0.4 is 0 Å². The first kappa shape index (κ1) is 23.6. The van der Waals surface area contributed by atoms with Crippen molar-refractivity contribution in [3.63, 3.8) is 0 Å². The molecule has 0 aromatic rings. The van der Waals surface area contributed by atoms with E-state index in [4.69, 9.17) is 14.2 Å². The van der Waals surface area contributed by atoms with E-state index < -0.39 is 5.79 Å². The first-order valence-corrected chi connectivity index (χ1v) is 10.1. The summed E-state index contributed by atoms with van der Waals surface area (Å²) in [7, 11) is 0. The van der Waals surface area contributed by atoms with Crippen molar-refractivity contribution in [1.29, 1.82) is 0 Å². The molecule has 0 aromatic carbocycles. The Morgan fingerprint density at radius 2 is 1.54 bits per heavy atom. The summed E-state index contributed by atoms with van der Waals surface area (Å²) in [4.78, 5) is 0. The second-order valence-electron chi connectivity index (χ2n) is 6.61. The summed E-state index contributed by atoms with van der Waals surface area (Å²) in [5.74, 6) is -0.109. The summed E-state index contributed by atoms with van der Waals surface area (Å²) >= 11 is 0. The van der Waals surface area contributed by atoms with Gasteiger partial charge in [-0.05, 0) is 33.6 Å². The fourth-order valence-electron chi connectivity index (χ4n) is 3.05. The zero-order chi connectivity index (χ0) is 18.3. The summed E-state index contributed by atoms with van der Waals surface area (Å²) in [6.45, 7) is 16.2. The molecule has 0 bridgehead atoms. The van der Waals surface area contributed by atoms with E-state index in [1.54, 1.807) is 0 Å². The van der Waals surface area contributed by atoms with E-state index in [1.807, 2.05) is 19.9 Å². The van der Waals surface area contributed by atoms with Gasteiger partial charge in [-0.3, -0.25) is 0 Å². The molecule has 144 valence electrons. The van der Waals surface area contributed by atoms with E-state index in [1.165, 1.54) is 38.5 Å². The van der Waals surface area contributed by atoms with Crippen molar-refractivity contribution in [3.05, 3.63) is 12.7 Å². The third-order valence-corrected chi connectivity index (χ3v) is 4.50. The molecule has 0 aromatic heterocycles. The van der Waals surface area contributed by atoms with Crippen LogP contribution in [0.5, 0.6) is 0 Å². The minimum absolute atomic E-state index is 0.341. The van der Waals surface area contributed by atoms with E-state index >= 15 is 0 Å². The number of allylic oxidation sites excluding steroid dienone is 1. The number of ether oxygens (including phenoxy) is 3. The number of hydrogen-bond acceptors (Lipinski definition) is 3. The lowest BCUT2D eigenvalue weighted by Crippen LogP contribution is -2.43. The molecule has 1 rings (SSSR count). The Morgan fingerprint density at radius 3 is 1.96 bits per heavy atom. The molecule has 1 heterocycles. The van der Waals surface area contributed by atoms with Crippen molar-refractivity contribution < 1.29 is 14.2 Å². The number of epoxide rings is 1. The lowest BCUT2D eigenvalue weighted by molar-refractivity contribution is -0.256. The fourth-order valence-corrected chi connectivity index (χ4v) is 3.05. The van der Waals surface area contributed by atoms with Crippen molar-refractivity contribution in [2.24, 2.45) is 5.92 Å². The average molecular weight is 343 g/mol. The number of hydrogen-bond donors (Lipinski definition) is 0. The Kier molecular flexibility index (Phi) is 14.7. The van der Waals surface area contributed by atoms with Gasteiger partial charge in [-0.15, -0.1) is 6.58 Å². The van der Waals surface area contributed by atoms with Gasteiger partial charge >= 0.3 is 0 Å². The molecule has 2 unspecified atom stereocenters. The van der Waals surface area contributed by atoms with Crippen LogP contribution in [0, 0.1) is 5.92 Å². The van der Waals surface area contributed by atoms with Crippen LogP contribution in [0.3, 0.4) is 0 Å². The van der Waals surface area contributed by atoms with Gasteiger partial charge < -0.3 is 14.2 Å².